The maximum absolute atomic E-state index is 12.6. The number of rotatable bonds is 3. The van der Waals surface area contributed by atoms with Crippen molar-refractivity contribution in [3.8, 4) is 0 Å². The molecular weight excluding hydrogens is 362 g/mol. The van der Waals surface area contributed by atoms with Gasteiger partial charge in [0.05, 0.1) is 0 Å². The van der Waals surface area contributed by atoms with Gasteiger partial charge in [-0.15, -0.1) is 0 Å². The van der Waals surface area contributed by atoms with E-state index in [1.807, 2.05) is 27.7 Å². The van der Waals surface area contributed by atoms with Crippen LogP contribution in [0.2, 0.25) is 0 Å². The van der Waals surface area contributed by atoms with Gasteiger partial charge >= 0.3 is 0 Å². The van der Waals surface area contributed by atoms with Gasteiger partial charge in [0.1, 0.15) is 0 Å². The predicted octanol–water partition coefficient (Wildman–Crippen LogP) is 2.41. The number of aromatic nitrogens is 1. The zero-order valence-electron chi connectivity index (χ0n) is 16.7. The SMILES string of the molecule is O=C(C=CCN1C[C@@H]2C[C@H](C1)c1cccc(=O)n1C2)N1CCc2ccccc2C1. The van der Waals surface area contributed by atoms with Crippen molar-refractivity contribution in [2.75, 3.05) is 26.2 Å². The first kappa shape index (κ1) is 18.4. The van der Waals surface area contributed by atoms with Gasteiger partial charge in [0.15, 0.2) is 0 Å². The van der Waals surface area contributed by atoms with E-state index in [4.69, 9.17) is 0 Å². The van der Waals surface area contributed by atoms with E-state index in [0.29, 0.717) is 18.4 Å². The first-order valence-corrected chi connectivity index (χ1v) is 10.6. The van der Waals surface area contributed by atoms with Crippen LogP contribution < -0.4 is 5.56 Å². The Bertz CT molecular complexity index is 1010. The van der Waals surface area contributed by atoms with Gasteiger partial charge in [0.2, 0.25) is 5.91 Å². The summed E-state index contributed by atoms with van der Waals surface area (Å²) in [7, 11) is 0. The third-order valence-electron chi connectivity index (χ3n) is 6.62. The van der Waals surface area contributed by atoms with E-state index in [-0.39, 0.29) is 11.5 Å². The number of piperidine rings is 1. The van der Waals surface area contributed by atoms with E-state index < -0.39 is 0 Å². The van der Waals surface area contributed by atoms with Crippen molar-refractivity contribution < 1.29 is 4.79 Å². The average Bonchev–Trinajstić information content (AvgIpc) is 2.74. The number of fused-ring (bicyclic) bond motifs is 5. The van der Waals surface area contributed by atoms with Gasteiger partial charge in [-0.1, -0.05) is 36.4 Å². The van der Waals surface area contributed by atoms with Crippen LogP contribution in [0, 0.1) is 5.92 Å². The summed E-state index contributed by atoms with van der Waals surface area (Å²) in [5, 5.41) is 0. The van der Waals surface area contributed by atoms with Crippen LogP contribution in [0.15, 0.2) is 59.4 Å². The maximum Gasteiger partial charge on any atom is 0.250 e. The molecule has 2 aromatic rings. The van der Waals surface area contributed by atoms with Crippen molar-refractivity contribution in [1.82, 2.24) is 14.4 Å². The third-order valence-corrected chi connectivity index (χ3v) is 6.62. The van der Waals surface area contributed by atoms with Crippen molar-refractivity contribution in [3.63, 3.8) is 0 Å². The number of carbonyl (C=O) groups excluding carboxylic acids is 1. The number of nitrogens with zero attached hydrogens (tertiary/aromatic N) is 3. The van der Waals surface area contributed by atoms with Crippen molar-refractivity contribution >= 4 is 5.91 Å². The van der Waals surface area contributed by atoms with Crippen LogP contribution in [0.25, 0.3) is 0 Å². The van der Waals surface area contributed by atoms with Crippen LogP contribution in [-0.4, -0.2) is 46.5 Å². The molecule has 5 nitrogen and oxygen atoms in total. The molecule has 1 saturated heterocycles. The Labute approximate surface area is 171 Å². The number of carbonyl (C=O) groups is 1. The number of hydrogen-bond donors (Lipinski definition) is 0. The summed E-state index contributed by atoms with van der Waals surface area (Å²) < 4.78 is 1.96. The Balaban J connectivity index is 1.20. The second kappa shape index (κ2) is 7.64. The molecule has 29 heavy (non-hydrogen) atoms. The lowest BCUT2D eigenvalue weighted by Crippen LogP contribution is -2.47. The van der Waals surface area contributed by atoms with Crippen LogP contribution in [0.4, 0.5) is 0 Å². The second-order valence-corrected chi connectivity index (χ2v) is 8.60. The average molecular weight is 389 g/mol. The Morgan fingerprint density at radius 1 is 1.03 bits per heavy atom. The summed E-state index contributed by atoms with van der Waals surface area (Å²) in [4.78, 5) is 29.1. The molecule has 0 aliphatic carbocycles. The predicted molar refractivity (Wildman–Crippen MR) is 113 cm³/mol. The van der Waals surface area contributed by atoms with Crippen LogP contribution in [0.5, 0.6) is 0 Å². The fourth-order valence-electron chi connectivity index (χ4n) is 5.24. The third kappa shape index (κ3) is 3.67. The van der Waals surface area contributed by atoms with E-state index in [1.54, 1.807) is 12.1 Å². The monoisotopic (exact) mass is 389 g/mol. The van der Waals surface area contributed by atoms with Crippen molar-refractivity contribution in [2.24, 2.45) is 5.92 Å². The molecule has 2 bridgehead atoms. The second-order valence-electron chi connectivity index (χ2n) is 8.60. The van der Waals surface area contributed by atoms with Crippen molar-refractivity contribution in [2.45, 2.75) is 31.8 Å². The quantitative estimate of drug-likeness (QED) is 0.758. The molecule has 0 saturated carbocycles. The normalized spacial score (nSPS) is 23.7. The fraction of sp³-hybridized carbons (Fsp3) is 0.417. The lowest BCUT2D eigenvalue weighted by molar-refractivity contribution is -0.126. The molecule has 1 fully saturated rings. The minimum absolute atomic E-state index is 0.105. The van der Waals surface area contributed by atoms with Gasteiger partial charge in [0.25, 0.3) is 5.56 Å². The highest BCUT2D eigenvalue weighted by atomic mass is 16.2. The van der Waals surface area contributed by atoms with Crippen LogP contribution >= 0.6 is 0 Å². The largest absolute Gasteiger partial charge is 0.335 e. The minimum atomic E-state index is 0.105. The molecule has 2 atom stereocenters. The Morgan fingerprint density at radius 2 is 1.90 bits per heavy atom. The Kier molecular flexibility index (Phi) is 4.84. The number of hydrogen-bond acceptors (Lipinski definition) is 3. The molecule has 5 rings (SSSR count). The van der Waals surface area contributed by atoms with Crippen LogP contribution in [0.3, 0.4) is 0 Å². The standard InChI is InChI=1S/C24H27N3O2/c28-23(26-12-10-19-5-1-2-6-20(19)17-26)9-4-11-25-14-18-13-21(16-25)22-7-3-8-24(29)27(22)15-18/h1-9,18,21H,10-17H2/t18-,21+/m0/s1. The van der Waals surface area contributed by atoms with Gasteiger partial charge < -0.3 is 9.47 Å². The first-order chi connectivity index (χ1) is 14.2. The summed E-state index contributed by atoms with van der Waals surface area (Å²) >= 11 is 0. The topological polar surface area (TPSA) is 45.6 Å². The molecule has 1 aromatic heterocycles. The molecule has 4 heterocycles. The van der Waals surface area contributed by atoms with Crippen LogP contribution in [0.1, 0.15) is 29.2 Å². The molecule has 0 N–H and O–H groups in total. The summed E-state index contributed by atoms with van der Waals surface area (Å²) in [5.74, 6) is 1.04. The minimum Gasteiger partial charge on any atom is -0.335 e. The van der Waals surface area contributed by atoms with E-state index in [1.165, 1.54) is 16.8 Å². The van der Waals surface area contributed by atoms with Gasteiger partial charge in [0, 0.05) is 63.0 Å². The van der Waals surface area contributed by atoms with Crippen LogP contribution in [-0.2, 0) is 24.3 Å². The Morgan fingerprint density at radius 3 is 2.79 bits per heavy atom. The highest BCUT2D eigenvalue weighted by Crippen LogP contribution is 2.34. The van der Waals surface area contributed by atoms with Gasteiger partial charge in [-0.3, -0.25) is 14.5 Å². The number of amides is 1. The smallest absolute Gasteiger partial charge is 0.250 e. The highest BCUT2D eigenvalue weighted by Gasteiger charge is 2.33. The summed E-state index contributed by atoms with van der Waals surface area (Å²) in [5.41, 5.74) is 3.92. The van der Waals surface area contributed by atoms with Gasteiger partial charge in [-0.05, 0) is 36.0 Å². The fourth-order valence-corrected chi connectivity index (χ4v) is 5.24. The summed E-state index contributed by atoms with van der Waals surface area (Å²) in [6.07, 6.45) is 5.86. The van der Waals surface area contributed by atoms with E-state index in [0.717, 1.165) is 45.6 Å². The number of likely N-dealkylation sites (tertiary alicyclic amines) is 1. The number of benzene rings is 1. The van der Waals surface area contributed by atoms with Gasteiger partial charge in [-0.25, -0.2) is 0 Å². The molecule has 0 unspecified atom stereocenters. The molecular formula is C24H27N3O2. The van der Waals surface area contributed by atoms with E-state index >= 15 is 0 Å². The molecule has 0 spiro atoms. The summed E-state index contributed by atoms with van der Waals surface area (Å²) in [6, 6.07) is 14.0. The van der Waals surface area contributed by atoms with Crippen molar-refractivity contribution in [3.05, 3.63) is 81.8 Å². The van der Waals surface area contributed by atoms with Gasteiger partial charge in [-0.2, -0.15) is 0 Å². The zero-order chi connectivity index (χ0) is 19.8. The van der Waals surface area contributed by atoms with E-state index in [2.05, 4.69) is 29.2 Å². The molecule has 3 aliphatic rings. The molecule has 1 amide bonds. The Hall–Kier alpha value is -2.66. The molecule has 1 aromatic carbocycles. The maximum atomic E-state index is 12.6. The zero-order valence-corrected chi connectivity index (χ0v) is 16.7. The lowest BCUT2D eigenvalue weighted by atomic mass is 9.83. The molecule has 150 valence electrons. The molecule has 5 heteroatoms. The first-order valence-electron chi connectivity index (χ1n) is 10.6. The molecule has 0 radical (unpaired) electrons. The summed E-state index contributed by atoms with van der Waals surface area (Å²) in [6.45, 7) is 5.05. The highest BCUT2D eigenvalue weighted by molar-refractivity contribution is 5.87. The lowest BCUT2D eigenvalue weighted by Gasteiger charge is -2.42. The molecule has 3 aliphatic heterocycles. The van der Waals surface area contributed by atoms with Crippen molar-refractivity contribution in [1.29, 1.82) is 0 Å². The number of pyridine rings is 1. The van der Waals surface area contributed by atoms with E-state index in [9.17, 15) is 9.59 Å².